The Morgan fingerprint density at radius 3 is 2.33 bits per heavy atom. The molecule has 0 saturated carbocycles. The van der Waals surface area contributed by atoms with E-state index < -0.39 is 36.0 Å². The predicted molar refractivity (Wildman–Crippen MR) is 153 cm³/mol. The van der Waals surface area contributed by atoms with Crippen LogP contribution in [0, 0.1) is 5.92 Å². The summed E-state index contributed by atoms with van der Waals surface area (Å²) < 4.78 is 66.9. The minimum absolute atomic E-state index is 0.150. The predicted octanol–water partition coefficient (Wildman–Crippen LogP) is 6.34. The standard InChI is InChI=1S/C30H34F4N4O4/c1-6-19(14-21(31)7-2)23(17(3)4)13-8-18(5)27(30(32,33)34)42-26-15-25(37-29(36)38-26)20-9-11-22(12-10-20)41-16-24(35)28(39)40/h6-15,17,24,27H,1,16,35H2,2-5H3,(H,39,40)(H2,36,37,38). The van der Waals surface area contributed by atoms with Crippen LogP contribution >= 0.6 is 0 Å². The zero-order valence-electron chi connectivity index (χ0n) is 23.7. The lowest BCUT2D eigenvalue weighted by atomic mass is 9.93. The average molecular weight is 591 g/mol. The fourth-order valence-corrected chi connectivity index (χ4v) is 3.59. The molecule has 12 heteroatoms. The van der Waals surface area contributed by atoms with Crippen molar-refractivity contribution in [2.24, 2.45) is 11.7 Å². The highest BCUT2D eigenvalue weighted by Crippen LogP contribution is 2.32. The van der Waals surface area contributed by atoms with Crippen LogP contribution in [0.5, 0.6) is 11.6 Å². The van der Waals surface area contributed by atoms with Crippen LogP contribution in [0.1, 0.15) is 27.7 Å². The first-order chi connectivity index (χ1) is 19.7. The van der Waals surface area contributed by atoms with Gasteiger partial charge in [-0.25, -0.2) is 9.37 Å². The van der Waals surface area contributed by atoms with Crippen molar-refractivity contribution < 1.29 is 36.9 Å². The van der Waals surface area contributed by atoms with Crippen molar-refractivity contribution in [1.29, 1.82) is 0 Å². The summed E-state index contributed by atoms with van der Waals surface area (Å²) in [6.45, 7) is 9.87. The van der Waals surface area contributed by atoms with E-state index in [0.29, 0.717) is 22.5 Å². The smallest absolute Gasteiger partial charge is 0.429 e. The Balaban J connectivity index is 2.39. The number of aliphatic carboxylic acids is 1. The van der Waals surface area contributed by atoms with Crippen LogP contribution < -0.4 is 20.9 Å². The Kier molecular flexibility index (Phi) is 12.0. The summed E-state index contributed by atoms with van der Waals surface area (Å²) in [5, 5.41) is 8.86. The van der Waals surface area contributed by atoms with Gasteiger partial charge in [-0.1, -0.05) is 44.7 Å². The number of alkyl halides is 3. The van der Waals surface area contributed by atoms with Crippen molar-refractivity contribution in [3.05, 3.63) is 89.8 Å². The number of halogens is 4. The van der Waals surface area contributed by atoms with Crippen molar-refractivity contribution in [1.82, 2.24) is 9.97 Å². The molecule has 2 unspecified atom stereocenters. The lowest BCUT2D eigenvalue weighted by Gasteiger charge is -2.22. The molecular weight excluding hydrogens is 556 g/mol. The molecule has 8 nitrogen and oxygen atoms in total. The fraction of sp³-hybridized carbons (Fsp3) is 0.300. The first-order valence-corrected chi connectivity index (χ1v) is 12.8. The first kappa shape index (κ1) is 33.8. The van der Waals surface area contributed by atoms with E-state index in [-0.39, 0.29) is 29.7 Å². The van der Waals surface area contributed by atoms with Gasteiger partial charge >= 0.3 is 12.1 Å². The van der Waals surface area contributed by atoms with Crippen LogP contribution in [0.3, 0.4) is 0 Å². The lowest BCUT2D eigenvalue weighted by molar-refractivity contribution is -0.183. The Morgan fingerprint density at radius 1 is 1.17 bits per heavy atom. The third kappa shape index (κ3) is 9.88. The highest BCUT2D eigenvalue weighted by Gasteiger charge is 2.43. The van der Waals surface area contributed by atoms with E-state index in [9.17, 15) is 22.4 Å². The average Bonchev–Trinajstić information content (AvgIpc) is 2.92. The number of nitrogen functional groups attached to an aromatic ring is 1. The number of carbonyl (C=O) groups is 1. The molecule has 1 heterocycles. The van der Waals surface area contributed by atoms with Gasteiger partial charge in [0.1, 0.15) is 24.2 Å². The zero-order chi connectivity index (χ0) is 31.6. The molecule has 0 spiro atoms. The normalized spacial score (nSPS) is 14.9. The number of anilines is 1. The number of aromatic nitrogens is 2. The summed E-state index contributed by atoms with van der Waals surface area (Å²) in [4.78, 5) is 18.7. The summed E-state index contributed by atoms with van der Waals surface area (Å²) in [6, 6.07) is 6.14. The molecule has 1 aromatic carbocycles. The van der Waals surface area contributed by atoms with Gasteiger partial charge in [0.15, 0.2) is 0 Å². The summed E-state index contributed by atoms with van der Waals surface area (Å²) in [6.07, 6.45) is -0.486. The van der Waals surface area contributed by atoms with Crippen molar-refractivity contribution in [3.63, 3.8) is 0 Å². The van der Waals surface area contributed by atoms with E-state index in [2.05, 4.69) is 16.5 Å². The molecule has 0 aliphatic rings. The second kappa shape index (κ2) is 15.0. The van der Waals surface area contributed by atoms with Gasteiger partial charge in [-0.3, -0.25) is 4.79 Å². The zero-order valence-corrected chi connectivity index (χ0v) is 23.7. The molecule has 5 N–H and O–H groups in total. The number of rotatable bonds is 13. The van der Waals surface area contributed by atoms with Crippen LogP contribution in [0.4, 0.5) is 23.5 Å². The van der Waals surface area contributed by atoms with Crippen LogP contribution in [-0.4, -0.2) is 46.0 Å². The highest BCUT2D eigenvalue weighted by molar-refractivity contribution is 5.73. The number of ether oxygens (including phenoxy) is 2. The Bertz CT molecular complexity index is 1380. The molecule has 2 atom stereocenters. The van der Waals surface area contributed by atoms with E-state index in [4.69, 9.17) is 26.0 Å². The number of nitrogens with zero attached hydrogens (tertiary/aromatic N) is 2. The second-order valence-electron chi connectivity index (χ2n) is 9.43. The lowest BCUT2D eigenvalue weighted by Crippen LogP contribution is -2.36. The maximum Gasteiger partial charge on any atom is 0.429 e. The molecule has 0 bridgehead atoms. The van der Waals surface area contributed by atoms with Gasteiger partial charge in [0, 0.05) is 11.6 Å². The van der Waals surface area contributed by atoms with E-state index in [0.717, 1.165) is 0 Å². The van der Waals surface area contributed by atoms with Crippen LogP contribution in [0.15, 0.2) is 89.8 Å². The van der Waals surface area contributed by atoms with Gasteiger partial charge in [-0.15, -0.1) is 0 Å². The molecule has 0 saturated heterocycles. The number of carboxylic acids is 1. The van der Waals surface area contributed by atoms with Crippen LogP contribution in [0.25, 0.3) is 11.3 Å². The van der Waals surface area contributed by atoms with Gasteiger partial charge in [0.2, 0.25) is 17.9 Å². The van der Waals surface area contributed by atoms with Crippen molar-refractivity contribution >= 4 is 11.9 Å². The molecule has 226 valence electrons. The Morgan fingerprint density at radius 2 is 1.81 bits per heavy atom. The number of nitrogens with two attached hydrogens (primary N) is 2. The molecule has 42 heavy (non-hydrogen) atoms. The minimum atomic E-state index is -4.81. The molecular formula is C30H34F4N4O4. The number of hydrogen-bond donors (Lipinski definition) is 3. The molecule has 0 amide bonds. The first-order valence-electron chi connectivity index (χ1n) is 12.8. The summed E-state index contributed by atoms with van der Waals surface area (Å²) in [7, 11) is 0. The second-order valence-corrected chi connectivity index (χ2v) is 9.43. The minimum Gasteiger partial charge on any atom is -0.491 e. The molecule has 2 rings (SSSR count). The van der Waals surface area contributed by atoms with E-state index in [1.54, 1.807) is 12.1 Å². The molecule has 0 aliphatic carbocycles. The molecule has 0 radical (unpaired) electrons. The van der Waals surface area contributed by atoms with Gasteiger partial charge in [0.05, 0.1) is 5.69 Å². The van der Waals surface area contributed by atoms with Gasteiger partial charge < -0.3 is 26.0 Å². The van der Waals surface area contributed by atoms with E-state index in [1.807, 2.05) is 13.8 Å². The quantitative estimate of drug-likeness (QED) is 0.182. The number of allylic oxidation sites excluding steroid dienone is 8. The third-order valence-electron chi connectivity index (χ3n) is 5.84. The van der Waals surface area contributed by atoms with Crippen molar-refractivity contribution in [2.45, 2.75) is 46.0 Å². The molecule has 1 aromatic heterocycles. The molecule has 2 aromatic rings. The van der Waals surface area contributed by atoms with E-state index >= 15 is 0 Å². The van der Waals surface area contributed by atoms with Crippen LogP contribution in [-0.2, 0) is 4.79 Å². The maximum absolute atomic E-state index is 14.1. The van der Waals surface area contributed by atoms with Gasteiger partial charge in [0.25, 0.3) is 0 Å². The largest absolute Gasteiger partial charge is 0.491 e. The SMILES string of the molecule is C=CC(=CC(F)=CC)C(=CC=C(C)C(Oc1cc(-c2ccc(OCC(N)C(=O)O)cc2)nc(N)n1)C(F)(F)F)C(C)C. The number of hydrogen-bond acceptors (Lipinski definition) is 7. The van der Waals surface area contributed by atoms with Gasteiger partial charge in [-0.2, -0.15) is 18.2 Å². The summed E-state index contributed by atoms with van der Waals surface area (Å²) in [5.74, 6) is -2.27. The molecule has 0 aliphatic heterocycles. The fourth-order valence-electron chi connectivity index (χ4n) is 3.59. The van der Waals surface area contributed by atoms with E-state index in [1.165, 1.54) is 62.4 Å². The number of benzene rings is 1. The van der Waals surface area contributed by atoms with Crippen LogP contribution in [0.2, 0.25) is 0 Å². The highest BCUT2D eigenvalue weighted by atomic mass is 19.4. The topological polar surface area (TPSA) is 134 Å². The molecule has 0 fully saturated rings. The summed E-state index contributed by atoms with van der Waals surface area (Å²) >= 11 is 0. The Labute approximate surface area is 241 Å². The number of carboxylic acid groups (broad SMARTS) is 1. The van der Waals surface area contributed by atoms with Gasteiger partial charge in [-0.05, 0) is 66.8 Å². The Hall–Kier alpha value is -4.45. The monoisotopic (exact) mass is 590 g/mol. The summed E-state index contributed by atoms with van der Waals surface area (Å²) in [5.41, 5.74) is 12.7. The third-order valence-corrected chi connectivity index (χ3v) is 5.84. The maximum atomic E-state index is 14.1. The van der Waals surface area contributed by atoms with Crippen molar-refractivity contribution in [3.8, 4) is 22.9 Å². The van der Waals surface area contributed by atoms with Crippen molar-refractivity contribution in [2.75, 3.05) is 12.3 Å².